The molecule has 2 heteroatoms. The lowest BCUT2D eigenvalue weighted by atomic mass is 9.70. The molecule has 2 bridgehead atoms. The Morgan fingerprint density at radius 2 is 1.75 bits per heavy atom. The second kappa shape index (κ2) is 2.05. The Morgan fingerprint density at radius 1 is 1.17 bits per heavy atom. The molecule has 0 aliphatic heterocycles. The Bertz CT molecular complexity index is 212. The van der Waals surface area contributed by atoms with Crippen LogP contribution >= 0.6 is 0 Å². The summed E-state index contributed by atoms with van der Waals surface area (Å²) in [5.74, 6) is 0.303. The molecule has 2 nitrogen and oxygen atoms in total. The molecule has 2 fully saturated rings. The van der Waals surface area contributed by atoms with Gasteiger partial charge in [-0.2, -0.15) is 0 Å². The fourth-order valence-corrected chi connectivity index (χ4v) is 3.26. The Balaban J connectivity index is 2.41. The maximum atomic E-state index is 9.82. The molecule has 0 amide bonds. The van der Waals surface area contributed by atoms with Crippen LogP contribution < -0.4 is 0 Å². The second-order valence-corrected chi connectivity index (χ2v) is 5.27. The normalized spacial score (nSPS) is 56.2. The van der Waals surface area contributed by atoms with Crippen molar-refractivity contribution in [1.82, 2.24) is 0 Å². The molecule has 0 aromatic rings. The van der Waals surface area contributed by atoms with Crippen molar-refractivity contribution >= 4 is 0 Å². The van der Waals surface area contributed by atoms with Gasteiger partial charge in [0.15, 0.2) is 0 Å². The van der Waals surface area contributed by atoms with Gasteiger partial charge in [-0.05, 0) is 24.2 Å². The first-order valence-electron chi connectivity index (χ1n) is 4.76. The quantitative estimate of drug-likeness (QED) is 0.573. The highest BCUT2D eigenvalue weighted by molar-refractivity contribution is 5.13. The van der Waals surface area contributed by atoms with E-state index < -0.39 is 0 Å². The summed E-state index contributed by atoms with van der Waals surface area (Å²) in [5, 5.41) is 19.5. The van der Waals surface area contributed by atoms with Crippen molar-refractivity contribution in [3.8, 4) is 0 Å². The first-order chi connectivity index (χ1) is 5.39. The van der Waals surface area contributed by atoms with Crippen molar-refractivity contribution < 1.29 is 10.2 Å². The molecule has 0 spiro atoms. The monoisotopic (exact) mass is 170 g/mol. The summed E-state index contributed by atoms with van der Waals surface area (Å²) < 4.78 is 0. The van der Waals surface area contributed by atoms with Crippen molar-refractivity contribution in [2.45, 2.75) is 45.8 Å². The molecule has 0 aromatic carbocycles. The summed E-state index contributed by atoms with van der Waals surface area (Å²) >= 11 is 0. The maximum absolute atomic E-state index is 9.82. The van der Waals surface area contributed by atoms with E-state index in [2.05, 4.69) is 20.8 Å². The van der Waals surface area contributed by atoms with Crippen LogP contribution in [0.15, 0.2) is 0 Å². The summed E-state index contributed by atoms with van der Waals surface area (Å²) in [6.07, 6.45) is 1.16. The number of hydrogen-bond acceptors (Lipinski definition) is 2. The highest BCUT2D eigenvalue weighted by atomic mass is 16.3. The van der Waals surface area contributed by atoms with Crippen LogP contribution in [-0.2, 0) is 0 Å². The molecule has 0 unspecified atom stereocenters. The van der Waals surface area contributed by atoms with Gasteiger partial charge in [-0.25, -0.2) is 0 Å². The Kier molecular flexibility index (Phi) is 1.45. The minimum atomic E-state index is -0.208. The van der Waals surface area contributed by atoms with Crippen LogP contribution in [0.1, 0.15) is 33.6 Å². The number of aliphatic hydroxyl groups excluding tert-OH is 2. The Hall–Kier alpha value is -0.0800. The van der Waals surface area contributed by atoms with Crippen molar-refractivity contribution in [2.24, 2.45) is 16.7 Å². The molecule has 0 radical (unpaired) electrons. The average Bonchev–Trinajstić information content (AvgIpc) is 2.18. The molecule has 2 rings (SSSR count). The molecule has 4 atom stereocenters. The van der Waals surface area contributed by atoms with Crippen LogP contribution in [0.3, 0.4) is 0 Å². The van der Waals surface area contributed by atoms with Gasteiger partial charge in [0.2, 0.25) is 0 Å². The van der Waals surface area contributed by atoms with E-state index in [1.54, 1.807) is 0 Å². The molecule has 0 saturated heterocycles. The SMILES string of the molecule is CC1(C)[C@H]2C[C@H](O)[C@]1(C)C[C@H]2O. The van der Waals surface area contributed by atoms with Crippen LogP contribution in [0.5, 0.6) is 0 Å². The summed E-state index contributed by atoms with van der Waals surface area (Å²) in [7, 11) is 0. The van der Waals surface area contributed by atoms with Gasteiger partial charge in [-0.15, -0.1) is 0 Å². The lowest BCUT2D eigenvalue weighted by Crippen LogP contribution is -2.36. The van der Waals surface area contributed by atoms with E-state index >= 15 is 0 Å². The number of aliphatic hydroxyl groups is 2. The number of rotatable bonds is 0. The summed E-state index contributed by atoms with van der Waals surface area (Å²) in [6.45, 7) is 6.45. The largest absolute Gasteiger partial charge is 0.393 e. The van der Waals surface area contributed by atoms with Crippen molar-refractivity contribution in [1.29, 1.82) is 0 Å². The highest BCUT2D eigenvalue weighted by Gasteiger charge is 2.64. The third kappa shape index (κ3) is 0.686. The molecule has 0 aromatic heterocycles. The number of fused-ring (bicyclic) bond motifs is 2. The summed E-state index contributed by atoms with van der Waals surface area (Å²) in [4.78, 5) is 0. The van der Waals surface area contributed by atoms with Gasteiger partial charge in [0.25, 0.3) is 0 Å². The van der Waals surface area contributed by atoms with E-state index in [4.69, 9.17) is 0 Å². The van der Waals surface area contributed by atoms with Crippen LogP contribution in [-0.4, -0.2) is 22.4 Å². The predicted molar refractivity (Wildman–Crippen MR) is 46.6 cm³/mol. The average molecular weight is 170 g/mol. The fourth-order valence-electron chi connectivity index (χ4n) is 3.26. The van der Waals surface area contributed by atoms with Crippen molar-refractivity contribution in [2.75, 3.05) is 0 Å². The van der Waals surface area contributed by atoms with E-state index in [1.165, 1.54) is 0 Å². The van der Waals surface area contributed by atoms with Crippen LogP contribution in [0.2, 0.25) is 0 Å². The van der Waals surface area contributed by atoms with Gasteiger partial charge in [-0.1, -0.05) is 20.8 Å². The third-order valence-corrected chi connectivity index (χ3v) is 4.71. The molecule has 12 heavy (non-hydrogen) atoms. The van der Waals surface area contributed by atoms with E-state index in [0.717, 1.165) is 12.8 Å². The molecule has 2 N–H and O–H groups in total. The lowest BCUT2D eigenvalue weighted by molar-refractivity contribution is -0.00727. The van der Waals surface area contributed by atoms with Crippen molar-refractivity contribution in [3.05, 3.63) is 0 Å². The lowest BCUT2D eigenvalue weighted by Gasteiger charge is -2.36. The maximum Gasteiger partial charge on any atom is 0.0603 e. The molecule has 70 valence electrons. The molecule has 2 aliphatic carbocycles. The second-order valence-electron chi connectivity index (χ2n) is 5.27. The van der Waals surface area contributed by atoms with Gasteiger partial charge >= 0.3 is 0 Å². The fraction of sp³-hybridized carbons (Fsp3) is 1.00. The molecular formula is C10H18O2. The first-order valence-corrected chi connectivity index (χ1v) is 4.76. The molecule has 0 heterocycles. The standard InChI is InChI=1S/C10H18O2/c1-9(2)6-4-8(12)10(9,3)5-7(6)11/h6-8,11-12H,4-5H2,1-3H3/t6-,7+,8-,10-/m0/s1. The zero-order chi connectivity index (χ0) is 9.15. The highest BCUT2D eigenvalue weighted by Crippen LogP contribution is 2.65. The van der Waals surface area contributed by atoms with Gasteiger partial charge in [0.1, 0.15) is 0 Å². The molecule has 2 saturated carbocycles. The van der Waals surface area contributed by atoms with Gasteiger partial charge < -0.3 is 10.2 Å². The topological polar surface area (TPSA) is 40.5 Å². The van der Waals surface area contributed by atoms with Gasteiger partial charge in [0, 0.05) is 5.41 Å². The van der Waals surface area contributed by atoms with E-state index in [1.807, 2.05) is 0 Å². The van der Waals surface area contributed by atoms with Gasteiger partial charge in [0.05, 0.1) is 12.2 Å². The first kappa shape index (κ1) is 8.52. The number of hydrogen-bond donors (Lipinski definition) is 2. The van der Waals surface area contributed by atoms with Crippen molar-refractivity contribution in [3.63, 3.8) is 0 Å². The predicted octanol–water partition coefficient (Wildman–Crippen LogP) is 1.16. The Morgan fingerprint density at radius 3 is 2.00 bits per heavy atom. The zero-order valence-electron chi connectivity index (χ0n) is 8.04. The van der Waals surface area contributed by atoms with E-state index in [-0.39, 0.29) is 23.0 Å². The third-order valence-electron chi connectivity index (χ3n) is 4.71. The molecular weight excluding hydrogens is 152 g/mol. The van der Waals surface area contributed by atoms with Crippen LogP contribution in [0.4, 0.5) is 0 Å². The van der Waals surface area contributed by atoms with Crippen LogP contribution in [0.25, 0.3) is 0 Å². The van der Waals surface area contributed by atoms with E-state index in [9.17, 15) is 10.2 Å². The Labute approximate surface area is 73.6 Å². The smallest absolute Gasteiger partial charge is 0.0603 e. The minimum Gasteiger partial charge on any atom is -0.393 e. The van der Waals surface area contributed by atoms with Gasteiger partial charge in [-0.3, -0.25) is 0 Å². The zero-order valence-corrected chi connectivity index (χ0v) is 8.04. The summed E-state index contributed by atoms with van der Waals surface area (Å²) in [5.41, 5.74) is 0.0446. The van der Waals surface area contributed by atoms with E-state index in [0.29, 0.717) is 5.92 Å². The molecule has 2 aliphatic rings. The summed E-state index contributed by atoms with van der Waals surface area (Å²) in [6, 6.07) is 0. The van der Waals surface area contributed by atoms with Crippen LogP contribution in [0, 0.1) is 16.7 Å². The minimum absolute atomic E-state index is 0.0584.